The number of ether oxygens (including phenoxy) is 3. The van der Waals surface area contributed by atoms with Gasteiger partial charge in [0, 0.05) is 26.7 Å². The predicted octanol–water partition coefficient (Wildman–Crippen LogP) is 3.97. The van der Waals surface area contributed by atoms with E-state index in [1.54, 1.807) is 21.3 Å². The Balaban J connectivity index is 0.00000392. The first-order valence-corrected chi connectivity index (χ1v) is 9.98. The van der Waals surface area contributed by atoms with Crippen LogP contribution in [-0.4, -0.2) is 46.5 Å². The molecule has 28 heavy (non-hydrogen) atoms. The van der Waals surface area contributed by atoms with E-state index >= 15 is 0 Å². The Kier molecular flexibility index (Phi) is 12.3. The number of halogens is 1. The second kappa shape index (κ2) is 13.9. The zero-order chi connectivity index (χ0) is 19.5. The minimum absolute atomic E-state index is 0. The van der Waals surface area contributed by atoms with Crippen LogP contribution in [0.15, 0.2) is 23.2 Å². The van der Waals surface area contributed by atoms with Gasteiger partial charge >= 0.3 is 0 Å². The summed E-state index contributed by atoms with van der Waals surface area (Å²) in [6.45, 7) is 4.39. The van der Waals surface area contributed by atoms with E-state index < -0.39 is 0 Å². The zero-order valence-corrected chi connectivity index (χ0v) is 20.0. The number of nitrogens with one attached hydrogen (secondary N) is 2. The van der Waals surface area contributed by atoms with Gasteiger partial charge in [-0.25, -0.2) is 0 Å². The van der Waals surface area contributed by atoms with Gasteiger partial charge in [-0.3, -0.25) is 4.99 Å². The topological polar surface area (TPSA) is 64.1 Å². The Morgan fingerprint density at radius 1 is 1.14 bits per heavy atom. The molecule has 1 saturated carbocycles. The summed E-state index contributed by atoms with van der Waals surface area (Å²) in [5.74, 6) is 2.98. The molecule has 160 valence electrons. The molecule has 1 aliphatic rings. The van der Waals surface area contributed by atoms with Crippen LogP contribution in [0.25, 0.3) is 0 Å². The highest BCUT2D eigenvalue weighted by atomic mass is 127. The largest absolute Gasteiger partial charge is 0.493 e. The van der Waals surface area contributed by atoms with Crippen LogP contribution in [0.5, 0.6) is 11.5 Å². The van der Waals surface area contributed by atoms with Crippen molar-refractivity contribution in [2.24, 2.45) is 10.9 Å². The summed E-state index contributed by atoms with van der Waals surface area (Å²) in [4.78, 5) is 4.32. The lowest BCUT2D eigenvalue weighted by molar-refractivity contribution is 0.0169. The summed E-state index contributed by atoms with van der Waals surface area (Å²) in [6.07, 6.45) is 6.66. The quantitative estimate of drug-likeness (QED) is 0.286. The van der Waals surface area contributed by atoms with Crippen molar-refractivity contribution >= 4 is 29.9 Å². The Morgan fingerprint density at radius 3 is 2.46 bits per heavy atom. The van der Waals surface area contributed by atoms with Crippen LogP contribution in [0.2, 0.25) is 0 Å². The van der Waals surface area contributed by atoms with Crippen LogP contribution >= 0.6 is 24.0 Å². The van der Waals surface area contributed by atoms with E-state index in [9.17, 15) is 0 Å². The number of rotatable bonds is 10. The van der Waals surface area contributed by atoms with Crippen molar-refractivity contribution in [3.63, 3.8) is 0 Å². The molecule has 1 unspecified atom stereocenters. The molecule has 0 aliphatic heterocycles. The summed E-state index contributed by atoms with van der Waals surface area (Å²) < 4.78 is 16.6. The second-order valence-electron chi connectivity index (χ2n) is 6.87. The highest BCUT2D eigenvalue weighted by molar-refractivity contribution is 14.0. The van der Waals surface area contributed by atoms with Crippen molar-refractivity contribution in [2.75, 3.05) is 34.4 Å². The van der Waals surface area contributed by atoms with Gasteiger partial charge in [0.05, 0.1) is 20.3 Å². The summed E-state index contributed by atoms with van der Waals surface area (Å²) in [5.41, 5.74) is 1.11. The fourth-order valence-corrected chi connectivity index (χ4v) is 3.73. The molecule has 7 heteroatoms. The van der Waals surface area contributed by atoms with Gasteiger partial charge in [0.2, 0.25) is 0 Å². The molecule has 1 fully saturated rings. The van der Waals surface area contributed by atoms with Crippen molar-refractivity contribution in [1.82, 2.24) is 10.6 Å². The van der Waals surface area contributed by atoms with Gasteiger partial charge in [-0.2, -0.15) is 0 Å². The van der Waals surface area contributed by atoms with Gasteiger partial charge in [0.25, 0.3) is 0 Å². The average molecular weight is 505 g/mol. The van der Waals surface area contributed by atoms with Crippen LogP contribution in [0.1, 0.15) is 44.6 Å². The number of hydrogen-bond acceptors (Lipinski definition) is 4. The fraction of sp³-hybridized carbons (Fsp3) is 0.667. The molecule has 0 amide bonds. The second-order valence-corrected chi connectivity index (χ2v) is 6.87. The number of aliphatic imine (C=N–C) groups is 1. The molecule has 1 atom stereocenters. The van der Waals surface area contributed by atoms with Crippen molar-refractivity contribution in [2.45, 2.75) is 51.7 Å². The lowest BCUT2D eigenvalue weighted by Crippen LogP contribution is -2.39. The monoisotopic (exact) mass is 505 g/mol. The molecule has 1 aliphatic carbocycles. The Bertz CT molecular complexity index is 592. The van der Waals surface area contributed by atoms with Gasteiger partial charge in [-0.1, -0.05) is 18.9 Å². The smallest absolute Gasteiger partial charge is 0.191 e. The summed E-state index contributed by atoms with van der Waals surface area (Å²) in [6, 6.07) is 5.91. The highest BCUT2D eigenvalue weighted by Gasteiger charge is 2.25. The Morgan fingerprint density at radius 2 is 1.86 bits per heavy atom. The molecule has 2 rings (SSSR count). The first-order chi connectivity index (χ1) is 13.2. The van der Waals surface area contributed by atoms with E-state index in [1.807, 2.05) is 18.2 Å². The van der Waals surface area contributed by atoms with Crippen molar-refractivity contribution in [1.29, 1.82) is 0 Å². The van der Waals surface area contributed by atoms with E-state index in [1.165, 1.54) is 25.7 Å². The molecular formula is C21H36IN3O3. The van der Waals surface area contributed by atoms with Crippen LogP contribution in [0, 0.1) is 5.92 Å². The standard InChI is InChI=1S/C21H35N3O3.HI/c1-5-27-18(17-8-6-7-9-17)12-13-23-21(22-2)24-15-16-10-11-19(25-3)20(14-16)26-4;/h10-11,14,17-18H,5-9,12-13,15H2,1-4H3,(H2,22,23,24);1H. The molecule has 0 bridgehead atoms. The molecule has 0 radical (unpaired) electrons. The maximum atomic E-state index is 5.99. The van der Waals surface area contributed by atoms with Crippen LogP contribution < -0.4 is 20.1 Å². The van der Waals surface area contributed by atoms with E-state index in [2.05, 4.69) is 22.5 Å². The highest BCUT2D eigenvalue weighted by Crippen LogP contribution is 2.30. The number of hydrogen-bond donors (Lipinski definition) is 2. The number of methoxy groups -OCH3 is 2. The van der Waals surface area contributed by atoms with Crippen molar-refractivity contribution in [3.8, 4) is 11.5 Å². The van der Waals surface area contributed by atoms with E-state index in [4.69, 9.17) is 14.2 Å². The van der Waals surface area contributed by atoms with Crippen molar-refractivity contribution < 1.29 is 14.2 Å². The minimum Gasteiger partial charge on any atom is -0.493 e. The van der Waals surface area contributed by atoms with Crippen LogP contribution in [-0.2, 0) is 11.3 Å². The van der Waals surface area contributed by atoms with Gasteiger partial charge in [-0.05, 0) is 49.8 Å². The molecular weight excluding hydrogens is 469 g/mol. The van der Waals surface area contributed by atoms with Gasteiger partial charge in [0.15, 0.2) is 17.5 Å². The summed E-state index contributed by atoms with van der Waals surface area (Å²) in [5, 5.41) is 6.76. The van der Waals surface area contributed by atoms with Gasteiger partial charge < -0.3 is 24.8 Å². The normalized spacial score (nSPS) is 15.6. The maximum absolute atomic E-state index is 5.99. The molecule has 0 saturated heterocycles. The third-order valence-electron chi connectivity index (χ3n) is 5.16. The van der Waals surface area contributed by atoms with Gasteiger partial charge in [-0.15, -0.1) is 24.0 Å². The van der Waals surface area contributed by atoms with Gasteiger partial charge in [0.1, 0.15) is 0 Å². The molecule has 1 aromatic carbocycles. The van der Waals surface area contributed by atoms with E-state index in [0.29, 0.717) is 18.6 Å². The van der Waals surface area contributed by atoms with E-state index in [-0.39, 0.29) is 24.0 Å². The third kappa shape index (κ3) is 7.66. The molecule has 0 heterocycles. The SMILES string of the molecule is CCOC(CCNC(=NC)NCc1ccc(OC)c(OC)c1)C1CCCC1.I. The maximum Gasteiger partial charge on any atom is 0.191 e. The lowest BCUT2D eigenvalue weighted by atomic mass is 9.98. The Labute approximate surface area is 186 Å². The molecule has 0 spiro atoms. The fourth-order valence-electron chi connectivity index (χ4n) is 3.73. The molecule has 2 N–H and O–H groups in total. The molecule has 6 nitrogen and oxygen atoms in total. The number of benzene rings is 1. The molecule has 0 aromatic heterocycles. The van der Waals surface area contributed by atoms with Crippen LogP contribution in [0.3, 0.4) is 0 Å². The average Bonchev–Trinajstić information content (AvgIpc) is 3.24. The summed E-state index contributed by atoms with van der Waals surface area (Å²) in [7, 11) is 5.08. The van der Waals surface area contributed by atoms with E-state index in [0.717, 1.165) is 42.6 Å². The number of nitrogens with zero attached hydrogens (tertiary/aromatic N) is 1. The first-order valence-electron chi connectivity index (χ1n) is 9.98. The Hall–Kier alpha value is -1.22. The van der Waals surface area contributed by atoms with Crippen molar-refractivity contribution in [3.05, 3.63) is 23.8 Å². The predicted molar refractivity (Wildman–Crippen MR) is 125 cm³/mol. The number of guanidine groups is 1. The minimum atomic E-state index is 0. The lowest BCUT2D eigenvalue weighted by Gasteiger charge is -2.24. The molecule has 1 aromatic rings. The zero-order valence-electron chi connectivity index (χ0n) is 17.6. The summed E-state index contributed by atoms with van der Waals surface area (Å²) >= 11 is 0. The van der Waals surface area contributed by atoms with Crippen LogP contribution in [0.4, 0.5) is 0 Å². The first kappa shape index (κ1) is 24.8. The third-order valence-corrected chi connectivity index (χ3v) is 5.16.